The van der Waals surface area contributed by atoms with Crippen molar-refractivity contribution in [3.63, 3.8) is 0 Å². The summed E-state index contributed by atoms with van der Waals surface area (Å²) >= 11 is 6.12. The topological polar surface area (TPSA) is 49.8 Å². The highest BCUT2D eigenvalue weighted by Gasteiger charge is 2.41. The van der Waals surface area contributed by atoms with E-state index in [0.717, 1.165) is 11.1 Å². The molecule has 1 heterocycles. The Balaban J connectivity index is 2.15. The number of β-amino-alcohol motifs (C(OH)–C–C–N with tert-alkyl or cyclic N) is 1. The molecule has 6 heteroatoms. The molecule has 1 aliphatic heterocycles. The van der Waals surface area contributed by atoms with Gasteiger partial charge in [-0.2, -0.15) is 0 Å². The van der Waals surface area contributed by atoms with Crippen molar-refractivity contribution in [2.75, 3.05) is 13.1 Å². The van der Waals surface area contributed by atoms with Crippen LogP contribution in [0.5, 0.6) is 5.75 Å². The summed E-state index contributed by atoms with van der Waals surface area (Å²) < 4.78 is 19.2. The number of alkyl halides is 1. The van der Waals surface area contributed by atoms with E-state index in [2.05, 4.69) is 0 Å². The summed E-state index contributed by atoms with van der Waals surface area (Å²) in [5.41, 5.74) is 0.567. The van der Waals surface area contributed by atoms with Crippen LogP contribution in [0.4, 0.5) is 4.39 Å². The molecular formula is C16H21ClFNO3. The van der Waals surface area contributed by atoms with Crippen LogP contribution in [0.25, 0.3) is 0 Å². The monoisotopic (exact) mass is 329 g/mol. The third kappa shape index (κ3) is 3.36. The molecule has 2 rings (SSSR count). The zero-order valence-corrected chi connectivity index (χ0v) is 13.9. The maximum absolute atomic E-state index is 13.4. The molecular weight excluding hydrogens is 309 g/mol. The summed E-state index contributed by atoms with van der Waals surface area (Å²) in [5.74, 6) is 0.186. The maximum atomic E-state index is 13.4. The third-order valence-electron chi connectivity index (χ3n) is 3.80. The number of hydrogen-bond acceptors (Lipinski definition) is 3. The predicted molar refractivity (Wildman–Crippen MR) is 83.1 cm³/mol. The van der Waals surface area contributed by atoms with Crippen molar-refractivity contribution >= 4 is 17.5 Å². The van der Waals surface area contributed by atoms with E-state index < -0.39 is 17.9 Å². The summed E-state index contributed by atoms with van der Waals surface area (Å²) in [5, 5.41) is 10.1. The quantitative estimate of drug-likeness (QED) is 0.927. The lowest BCUT2D eigenvalue weighted by atomic mass is 10.1. The smallest absolute Gasteiger partial charge is 0.266 e. The minimum atomic E-state index is -1.40. The van der Waals surface area contributed by atoms with Gasteiger partial charge in [-0.05, 0) is 51.0 Å². The number of amides is 1. The molecule has 1 aliphatic rings. The number of aryl methyl sites for hydroxylation is 2. The molecule has 0 radical (unpaired) electrons. The van der Waals surface area contributed by atoms with Crippen LogP contribution < -0.4 is 4.74 Å². The number of aliphatic hydroxyl groups is 1. The number of hydrogen-bond donors (Lipinski definition) is 1. The second-order valence-corrected chi connectivity index (χ2v) is 6.65. The van der Waals surface area contributed by atoms with E-state index in [1.807, 2.05) is 13.8 Å². The molecule has 1 amide bonds. The number of rotatable bonds is 3. The molecule has 1 aromatic carbocycles. The van der Waals surface area contributed by atoms with Crippen LogP contribution in [0, 0.1) is 13.8 Å². The standard InChI is InChI=1S/C16H21ClFNO3/c1-9-5-11(6-10(2)14(9)17)22-16(3,4)15(21)19-7-12(18)13(20)8-19/h5-6,12-13,20H,7-8H2,1-4H3/t12-,13-/m1/s1. The molecule has 0 unspecified atom stereocenters. The summed E-state index contributed by atoms with van der Waals surface area (Å²) in [6.07, 6.45) is -2.53. The van der Waals surface area contributed by atoms with Crippen molar-refractivity contribution in [3.8, 4) is 5.75 Å². The molecule has 0 saturated carbocycles. The molecule has 2 atom stereocenters. The highest BCUT2D eigenvalue weighted by atomic mass is 35.5. The van der Waals surface area contributed by atoms with Crippen molar-refractivity contribution in [2.45, 2.75) is 45.6 Å². The van der Waals surface area contributed by atoms with Crippen LogP contribution in [-0.2, 0) is 4.79 Å². The second-order valence-electron chi connectivity index (χ2n) is 6.28. The van der Waals surface area contributed by atoms with E-state index in [9.17, 15) is 14.3 Å². The first kappa shape index (κ1) is 17.0. The summed E-state index contributed by atoms with van der Waals surface area (Å²) in [4.78, 5) is 13.8. The van der Waals surface area contributed by atoms with Crippen LogP contribution in [0.2, 0.25) is 5.02 Å². The van der Waals surface area contributed by atoms with E-state index in [4.69, 9.17) is 16.3 Å². The molecule has 1 saturated heterocycles. The Kier molecular flexibility index (Phi) is 4.68. The van der Waals surface area contributed by atoms with E-state index in [1.165, 1.54) is 4.90 Å². The van der Waals surface area contributed by atoms with Gasteiger partial charge in [0.25, 0.3) is 5.91 Å². The normalized spacial score (nSPS) is 22.0. The Morgan fingerprint density at radius 3 is 2.36 bits per heavy atom. The molecule has 22 heavy (non-hydrogen) atoms. The van der Waals surface area contributed by atoms with Gasteiger partial charge >= 0.3 is 0 Å². The van der Waals surface area contributed by atoms with Crippen molar-refractivity contribution in [1.29, 1.82) is 0 Å². The number of aliphatic hydroxyl groups excluding tert-OH is 1. The predicted octanol–water partition coefficient (Wildman–Crippen LogP) is 2.66. The van der Waals surface area contributed by atoms with Gasteiger partial charge in [-0.1, -0.05) is 11.6 Å². The van der Waals surface area contributed by atoms with Gasteiger partial charge in [0.2, 0.25) is 0 Å². The average Bonchev–Trinajstić information content (AvgIpc) is 2.74. The number of ether oxygens (including phenoxy) is 1. The van der Waals surface area contributed by atoms with Crippen LogP contribution in [0.15, 0.2) is 12.1 Å². The van der Waals surface area contributed by atoms with Crippen LogP contribution in [0.3, 0.4) is 0 Å². The lowest BCUT2D eigenvalue weighted by Crippen LogP contribution is -2.48. The van der Waals surface area contributed by atoms with Gasteiger partial charge in [0, 0.05) is 11.6 Å². The number of halogens is 2. The highest BCUT2D eigenvalue weighted by molar-refractivity contribution is 6.32. The van der Waals surface area contributed by atoms with Crippen LogP contribution in [0.1, 0.15) is 25.0 Å². The molecule has 1 N–H and O–H groups in total. The molecule has 0 aliphatic carbocycles. The van der Waals surface area contributed by atoms with E-state index in [-0.39, 0.29) is 19.0 Å². The van der Waals surface area contributed by atoms with E-state index in [0.29, 0.717) is 10.8 Å². The molecule has 1 fully saturated rings. The SMILES string of the molecule is Cc1cc(OC(C)(C)C(=O)N2C[C@@H](O)[C@H](F)C2)cc(C)c1Cl. The van der Waals surface area contributed by atoms with Gasteiger partial charge in [-0.3, -0.25) is 4.79 Å². The second kappa shape index (κ2) is 6.05. The fourth-order valence-electron chi connectivity index (χ4n) is 2.60. The Morgan fingerprint density at radius 1 is 1.36 bits per heavy atom. The van der Waals surface area contributed by atoms with Gasteiger partial charge in [0.15, 0.2) is 5.60 Å². The minimum absolute atomic E-state index is 0.00847. The lowest BCUT2D eigenvalue weighted by Gasteiger charge is -2.30. The molecule has 0 bridgehead atoms. The first-order valence-corrected chi connectivity index (χ1v) is 7.57. The number of benzene rings is 1. The zero-order chi connectivity index (χ0) is 16.7. The van der Waals surface area contributed by atoms with Gasteiger partial charge in [-0.15, -0.1) is 0 Å². The van der Waals surface area contributed by atoms with E-state index >= 15 is 0 Å². The fraction of sp³-hybridized carbons (Fsp3) is 0.562. The van der Waals surface area contributed by atoms with Crippen molar-refractivity contribution in [2.24, 2.45) is 0 Å². The highest BCUT2D eigenvalue weighted by Crippen LogP contribution is 2.29. The van der Waals surface area contributed by atoms with Gasteiger partial charge in [0.05, 0.1) is 6.54 Å². The largest absolute Gasteiger partial charge is 0.478 e. The Bertz CT molecular complexity index is 558. The van der Waals surface area contributed by atoms with Crippen LogP contribution in [-0.4, -0.2) is 46.9 Å². The van der Waals surface area contributed by atoms with Crippen molar-refractivity contribution in [1.82, 2.24) is 4.90 Å². The first-order valence-electron chi connectivity index (χ1n) is 7.19. The minimum Gasteiger partial charge on any atom is -0.478 e. The van der Waals surface area contributed by atoms with Crippen molar-refractivity contribution < 1.29 is 19.0 Å². The molecule has 0 spiro atoms. The number of carbonyl (C=O) groups is 1. The Morgan fingerprint density at radius 2 is 1.91 bits per heavy atom. The summed E-state index contributed by atoms with van der Waals surface area (Å²) in [6.45, 7) is 6.87. The van der Waals surface area contributed by atoms with Crippen LogP contribution >= 0.6 is 11.6 Å². The average molecular weight is 330 g/mol. The number of carbonyl (C=O) groups excluding carboxylic acids is 1. The Labute approximate surface area is 134 Å². The molecule has 1 aromatic rings. The Hall–Kier alpha value is -1.33. The summed E-state index contributed by atoms with van der Waals surface area (Å²) in [7, 11) is 0. The van der Waals surface area contributed by atoms with E-state index in [1.54, 1.807) is 26.0 Å². The number of nitrogens with zero attached hydrogens (tertiary/aromatic N) is 1. The van der Waals surface area contributed by atoms with Gasteiger partial charge in [-0.25, -0.2) is 4.39 Å². The van der Waals surface area contributed by atoms with Gasteiger partial charge in [0.1, 0.15) is 18.0 Å². The third-order valence-corrected chi connectivity index (χ3v) is 4.40. The molecule has 122 valence electrons. The maximum Gasteiger partial charge on any atom is 0.266 e. The molecule has 0 aromatic heterocycles. The lowest BCUT2D eigenvalue weighted by molar-refractivity contribution is -0.144. The van der Waals surface area contributed by atoms with Gasteiger partial charge < -0.3 is 14.7 Å². The first-order chi connectivity index (χ1) is 10.1. The number of likely N-dealkylation sites (tertiary alicyclic amines) is 1. The molecule has 4 nitrogen and oxygen atoms in total. The zero-order valence-electron chi connectivity index (χ0n) is 13.2. The van der Waals surface area contributed by atoms with Crippen molar-refractivity contribution in [3.05, 3.63) is 28.3 Å². The summed E-state index contributed by atoms with van der Waals surface area (Å²) in [6, 6.07) is 3.53. The fourth-order valence-corrected chi connectivity index (χ4v) is 2.71.